The van der Waals surface area contributed by atoms with Crippen LogP contribution in [-0.4, -0.2) is 30.4 Å². The molecule has 4 heteroatoms. The van der Waals surface area contributed by atoms with Gasteiger partial charge in [0.2, 0.25) is 5.91 Å². The maximum atomic E-state index is 13.0. The molecule has 0 radical (unpaired) electrons. The van der Waals surface area contributed by atoms with Crippen molar-refractivity contribution in [2.45, 2.75) is 32.1 Å². The van der Waals surface area contributed by atoms with E-state index in [1.807, 2.05) is 17.9 Å². The number of benzene rings is 2. The Kier molecular flexibility index (Phi) is 7.24. The highest BCUT2D eigenvalue weighted by Gasteiger charge is 2.36. The average Bonchev–Trinajstić information content (AvgIpc) is 3.12. The van der Waals surface area contributed by atoms with Gasteiger partial charge in [-0.05, 0) is 42.5 Å². The lowest BCUT2D eigenvalue weighted by molar-refractivity contribution is -0.131. The van der Waals surface area contributed by atoms with Crippen molar-refractivity contribution in [2.24, 2.45) is 11.7 Å². The minimum atomic E-state index is -0.112. The molecule has 3 nitrogen and oxygen atoms in total. The van der Waals surface area contributed by atoms with Crippen molar-refractivity contribution in [1.29, 1.82) is 0 Å². The van der Waals surface area contributed by atoms with Crippen molar-refractivity contribution in [1.82, 2.24) is 4.90 Å². The summed E-state index contributed by atoms with van der Waals surface area (Å²) in [6.07, 6.45) is 1.02. The van der Waals surface area contributed by atoms with E-state index in [0.29, 0.717) is 18.4 Å². The van der Waals surface area contributed by atoms with E-state index in [1.54, 1.807) is 0 Å². The fraction of sp³-hybridized carbons (Fsp3) is 0.409. The van der Waals surface area contributed by atoms with Gasteiger partial charge in [0.05, 0.1) is 5.92 Å². The second kappa shape index (κ2) is 9.20. The second-order valence-corrected chi connectivity index (χ2v) is 7.07. The molecular formula is C22H29ClN2O. The van der Waals surface area contributed by atoms with Gasteiger partial charge in [-0.25, -0.2) is 0 Å². The Morgan fingerprint density at radius 3 is 2.35 bits per heavy atom. The summed E-state index contributed by atoms with van der Waals surface area (Å²) in [5.41, 5.74) is 9.69. The molecule has 2 aromatic carbocycles. The van der Waals surface area contributed by atoms with Gasteiger partial charge in [0.15, 0.2) is 0 Å². The maximum Gasteiger partial charge on any atom is 0.229 e. The Morgan fingerprint density at radius 2 is 1.77 bits per heavy atom. The highest BCUT2D eigenvalue weighted by molar-refractivity contribution is 5.85. The molecule has 1 fully saturated rings. The lowest BCUT2D eigenvalue weighted by atomic mass is 9.89. The molecule has 1 amide bonds. The first-order chi connectivity index (χ1) is 12.1. The molecule has 2 N–H and O–H groups in total. The minimum absolute atomic E-state index is 0. The van der Waals surface area contributed by atoms with Gasteiger partial charge in [-0.3, -0.25) is 4.79 Å². The summed E-state index contributed by atoms with van der Waals surface area (Å²) in [6.45, 7) is 6.29. The van der Waals surface area contributed by atoms with Crippen LogP contribution in [0.5, 0.6) is 0 Å². The molecule has 1 aliphatic heterocycles. The zero-order valence-electron chi connectivity index (χ0n) is 15.6. The van der Waals surface area contributed by atoms with Crippen LogP contribution in [0.25, 0.3) is 0 Å². The van der Waals surface area contributed by atoms with E-state index in [4.69, 9.17) is 5.73 Å². The third kappa shape index (κ3) is 4.28. The first-order valence-corrected chi connectivity index (χ1v) is 9.26. The predicted molar refractivity (Wildman–Crippen MR) is 110 cm³/mol. The Balaban J connectivity index is 0.00000243. The Labute approximate surface area is 163 Å². The number of nitrogens with zero attached hydrogens (tertiary/aromatic N) is 1. The van der Waals surface area contributed by atoms with E-state index >= 15 is 0 Å². The fourth-order valence-electron chi connectivity index (χ4n) is 3.83. The number of likely N-dealkylation sites (tertiary alicyclic amines) is 1. The van der Waals surface area contributed by atoms with Crippen molar-refractivity contribution in [3.8, 4) is 0 Å². The molecule has 0 spiro atoms. The molecule has 0 aliphatic carbocycles. The second-order valence-electron chi connectivity index (χ2n) is 7.07. The van der Waals surface area contributed by atoms with Crippen LogP contribution in [0.4, 0.5) is 0 Å². The highest BCUT2D eigenvalue weighted by atomic mass is 35.5. The fourth-order valence-corrected chi connectivity index (χ4v) is 3.83. The van der Waals surface area contributed by atoms with Crippen molar-refractivity contribution in [3.05, 3.63) is 71.3 Å². The number of aryl methyl sites for hydroxylation is 1. The van der Waals surface area contributed by atoms with E-state index in [0.717, 1.165) is 25.1 Å². The van der Waals surface area contributed by atoms with Crippen LogP contribution in [0.3, 0.4) is 0 Å². The van der Waals surface area contributed by atoms with Gasteiger partial charge in [0.1, 0.15) is 0 Å². The number of hydrogen-bond donors (Lipinski definition) is 1. The Morgan fingerprint density at radius 1 is 1.12 bits per heavy atom. The number of amides is 1. The molecule has 0 bridgehead atoms. The van der Waals surface area contributed by atoms with Crippen molar-refractivity contribution in [3.63, 3.8) is 0 Å². The standard InChI is InChI=1S/C22H28N2O.ClH/c1-3-17-9-11-18(12-10-17)16(2)22(25)24-14-20(13-23)21(15-24)19-7-5-4-6-8-19;/h4-12,16,20-21H,3,13-15,23H2,1-2H3;1H/t16?,20-,21+;/m1./s1. The summed E-state index contributed by atoms with van der Waals surface area (Å²) >= 11 is 0. The lowest BCUT2D eigenvalue weighted by Crippen LogP contribution is -2.33. The Hall–Kier alpha value is -1.84. The summed E-state index contributed by atoms with van der Waals surface area (Å²) in [5.74, 6) is 0.769. The summed E-state index contributed by atoms with van der Waals surface area (Å²) in [5, 5.41) is 0. The molecule has 1 heterocycles. The summed E-state index contributed by atoms with van der Waals surface area (Å²) in [4.78, 5) is 15.0. The van der Waals surface area contributed by atoms with Gasteiger partial charge in [-0.2, -0.15) is 0 Å². The first kappa shape index (κ1) is 20.5. The van der Waals surface area contributed by atoms with Gasteiger partial charge in [-0.15, -0.1) is 12.4 Å². The lowest BCUT2D eigenvalue weighted by Gasteiger charge is -2.21. The quantitative estimate of drug-likeness (QED) is 0.862. The molecule has 3 atom stereocenters. The normalized spacial score (nSPS) is 20.5. The van der Waals surface area contributed by atoms with Crippen LogP contribution in [0.2, 0.25) is 0 Å². The van der Waals surface area contributed by atoms with Crippen molar-refractivity contribution >= 4 is 18.3 Å². The molecule has 1 unspecified atom stereocenters. The van der Waals surface area contributed by atoms with Gasteiger partial charge in [0, 0.05) is 19.0 Å². The van der Waals surface area contributed by atoms with Crippen LogP contribution in [0.15, 0.2) is 54.6 Å². The summed E-state index contributed by atoms with van der Waals surface area (Å²) < 4.78 is 0. The molecular weight excluding hydrogens is 344 g/mol. The number of halogens is 1. The van der Waals surface area contributed by atoms with Gasteiger partial charge in [-0.1, -0.05) is 61.5 Å². The van der Waals surface area contributed by atoms with Crippen LogP contribution in [0, 0.1) is 5.92 Å². The molecule has 2 aromatic rings. The topological polar surface area (TPSA) is 46.3 Å². The molecule has 3 rings (SSSR count). The minimum Gasteiger partial charge on any atom is -0.341 e. The van der Waals surface area contributed by atoms with E-state index in [1.165, 1.54) is 11.1 Å². The zero-order chi connectivity index (χ0) is 17.8. The van der Waals surface area contributed by atoms with Crippen LogP contribution in [0.1, 0.15) is 42.4 Å². The third-order valence-corrected chi connectivity index (χ3v) is 5.54. The molecule has 140 valence electrons. The number of carbonyl (C=O) groups is 1. The van der Waals surface area contributed by atoms with E-state index in [2.05, 4.69) is 55.5 Å². The van der Waals surface area contributed by atoms with E-state index in [9.17, 15) is 4.79 Å². The van der Waals surface area contributed by atoms with Crippen LogP contribution in [-0.2, 0) is 11.2 Å². The van der Waals surface area contributed by atoms with Gasteiger partial charge >= 0.3 is 0 Å². The molecule has 0 saturated carbocycles. The van der Waals surface area contributed by atoms with Gasteiger partial charge in [0.25, 0.3) is 0 Å². The Bertz CT molecular complexity index is 702. The van der Waals surface area contributed by atoms with E-state index < -0.39 is 0 Å². The number of carbonyl (C=O) groups excluding carboxylic acids is 1. The number of rotatable bonds is 5. The van der Waals surface area contributed by atoms with Crippen molar-refractivity contribution in [2.75, 3.05) is 19.6 Å². The summed E-state index contributed by atoms with van der Waals surface area (Å²) in [6, 6.07) is 18.9. The van der Waals surface area contributed by atoms with Gasteiger partial charge < -0.3 is 10.6 Å². The average molecular weight is 373 g/mol. The third-order valence-electron chi connectivity index (χ3n) is 5.54. The predicted octanol–water partition coefficient (Wildman–Crippen LogP) is 3.98. The number of hydrogen-bond acceptors (Lipinski definition) is 2. The molecule has 0 aromatic heterocycles. The monoisotopic (exact) mass is 372 g/mol. The molecule has 1 saturated heterocycles. The zero-order valence-corrected chi connectivity index (χ0v) is 16.4. The van der Waals surface area contributed by atoms with Crippen LogP contribution < -0.4 is 5.73 Å². The first-order valence-electron chi connectivity index (χ1n) is 9.26. The summed E-state index contributed by atoms with van der Waals surface area (Å²) in [7, 11) is 0. The smallest absolute Gasteiger partial charge is 0.229 e. The number of nitrogens with two attached hydrogens (primary N) is 1. The SMILES string of the molecule is CCc1ccc(C(C)C(=O)N2C[C@@H](CN)[C@H](c3ccccc3)C2)cc1.Cl. The largest absolute Gasteiger partial charge is 0.341 e. The maximum absolute atomic E-state index is 13.0. The van der Waals surface area contributed by atoms with E-state index in [-0.39, 0.29) is 24.2 Å². The van der Waals surface area contributed by atoms with Crippen LogP contribution >= 0.6 is 12.4 Å². The highest BCUT2D eigenvalue weighted by Crippen LogP contribution is 2.33. The molecule has 1 aliphatic rings. The van der Waals surface area contributed by atoms with Crippen molar-refractivity contribution < 1.29 is 4.79 Å². The molecule has 26 heavy (non-hydrogen) atoms.